The number of para-hydroxylation sites is 1. The van der Waals surface area contributed by atoms with Crippen molar-refractivity contribution < 1.29 is 9.09 Å². The van der Waals surface area contributed by atoms with E-state index in [9.17, 15) is 4.57 Å². The summed E-state index contributed by atoms with van der Waals surface area (Å²) >= 11 is 0. The van der Waals surface area contributed by atoms with E-state index in [1.807, 2.05) is 30.3 Å². The molecule has 2 atom stereocenters. The van der Waals surface area contributed by atoms with Crippen LogP contribution in [-0.2, 0) is 11.0 Å². The predicted molar refractivity (Wildman–Crippen MR) is 94.3 cm³/mol. The molecule has 7 heteroatoms. The van der Waals surface area contributed by atoms with E-state index in [1.54, 1.807) is 30.9 Å². The minimum absolute atomic E-state index is 0.122. The van der Waals surface area contributed by atoms with Crippen molar-refractivity contribution in [3.05, 3.63) is 60.2 Å². The van der Waals surface area contributed by atoms with Crippen molar-refractivity contribution in [3.8, 4) is 5.75 Å². The van der Waals surface area contributed by atoms with Crippen LogP contribution in [0.25, 0.3) is 0 Å². The van der Waals surface area contributed by atoms with Gasteiger partial charge in [0, 0.05) is 12.4 Å². The fourth-order valence-electron chi connectivity index (χ4n) is 2.05. The molecule has 2 aromatic rings. The highest BCUT2D eigenvalue weighted by molar-refractivity contribution is 7.59. The van der Waals surface area contributed by atoms with Crippen LogP contribution in [-0.4, -0.2) is 18.4 Å². The Labute approximate surface area is 135 Å². The summed E-state index contributed by atoms with van der Waals surface area (Å²) in [5.41, 5.74) is 13.0. The molecular formula is C16H21N4O2P. The normalized spacial score (nSPS) is 14.5. The highest BCUT2D eigenvalue weighted by Crippen LogP contribution is 2.47. The lowest BCUT2D eigenvalue weighted by Gasteiger charge is -2.22. The smallest absolute Gasteiger partial charge is 0.261 e. The number of benzene rings is 2. The number of rotatable bonds is 6. The monoisotopic (exact) mass is 332 g/mol. The topological polar surface area (TPSA) is 114 Å². The van der Waals surface area contributed by atoms with Crippen LogP contribution < -0.4 is 21.3 Å². The Morgan fingerprint density at radius 2 is 1.83 bits per heavy atom. The minimum Gasteiger partial charge on any atom is -0.442 e. The standard InChI is InChI=1S/C16H21N4O2P/c1-23(21,22-14-5-3-2-4-6-14)15(17)11-12-7-9-13(10-8-12)20-16(18)19/h2-10,15H,11,17H2,1H3,(H4,18,19,20). The molecule has 2 rings (SSSR count). The van der Waals surface area contributed by atoms with Crippen LogP contribution in [0.1, 0.15) is 5.56 Å². The molecular weight excluding hydrogens is 311 g/mol. The Bertz CT molecular complexity index is 704. The van der Waals surface area contributed by atoms with E-state index in [2.05, 4.69) is 5.32 Å². The average molecular weight is 332 g/mol. The van der Waals surface area contributed by atoms with Crippen LogP contribution >= 0.6 is 7.37 Å². The lowest BCUT2D eigenvalue weighted by Crippen LogP contribution is -2.25. The van der Waals surface area contributed by atoms with Gasteiger partial charge in [0.25, 0.3) is 7.37 Å². The van der Waals surface area contributed by atoms with Crippen molar-refractivity contribution in [2.24, 2.45) is 11.5 Å². The van der Waals surface area contributed by atoms with Gasteiger partial charge in [-0.05, 0) is 36.2 Å². The van der Waals surface area contributed by atoms with Crippen molar-refractivity contribution in [1.82, 2.24) is 0 Å². The second kappa shape index (κ2) is 7.31. The molecule has 0 aliphatic rings. The van der Waals surface area contributed by atoms with E-state index in [0.29, 0.717) is 12.2 Å². The van der Waals surface area contributed by atoms with Crippen LogP contribution in [0.2, 0.25) is 0 Å². The van der Waals surface area contributed by atoms with Gasteiger partial charge in [0.05, 0.1) is 5.78 Å². The molecule has 0 heterocycles. The van der Waals surface area contributed by atoms with Gasteiger partial charge in [-0.2, -0.15) is 0 Å². The number of nitrogens with two attached hydrogens (primary N) is 2. The lowest BCUT2D eigenvalue weighted by atomic mass is 10.1. The maximum absolute atomic E-state index is 12.7. The summed E-state index contributed by atoms with van der Waals surface area (Å²) in [5.74, 6) is -0.173. The highest BCUT2D eigenvalue weighted by Gasteiger charge is 2.27. The van der Waals surface area contributed by atoms with Crippen LogP contribution in [0.4, 0.5) is 5.69 Å². The average Bonchev–Trinajstić information content (AvgIpc) is 2.49. The third kappa shape index (κ3) is 5.13. The fourth-order valence-corrected chi connectivity index (χ4v) is 3.26. The number of hydrogen-bond acceptors (Lipinski definition) is 4. The molecule has 0 amide bonds. The Kier molecular flexibility index (Phi) is 5.42. The summed E-state index contributed by atoms with van der Waals surface area (Å²) in [5, 5.41) is 9.88. The van der Waals surface area contributed by atoms with E-state index in [0.717, 1.165) is 11.3 Å². The molecule has 0 aromatic heterocycles. The lowest BCUT2D eigenvalue weighted by molar-refractivity contribution is 0.473. The van der Waals surface area contributed by atoms with Gasteiger partial charge in [-0.3, -0.25) is 9.97 Å². The van der Waals surface area contributed by atoms with Crippen molar-refractivity contribution >= 4 is 19.0 Å². The summed E-state index contributed by atoms with van der Waals surface area (Å²) in [6.45, 7) is 1.55. The van der Waals surface area contributed by atoms with Crippen LogP contribution in [0, 0.1) is 5.41 Å². The van der Waals surface area contributed by atoms with Gasteiger partial charge < -0.3 is 21.3 Å². The summed E-state index contributed by atoms with van der Waals surface area (Å²) in [7, 11) is -3.00. The molecule has 0 aliphatic carbocycles. The first-order valence-electron chi connectivity index (χ1n) is 7.14. The fraction of sp³-hybridized carbons (Fsp3) is 0.188. The van der Waals surface area contributed by atoms with Crippen LogP contribution in [0.5, 0.6) is 5.75 Å². The van der Waals surface area contributed by atoms with E-state index in [-0.39, 0.29) is 5.96 Å². The van der Waals surface area contributed by atoms with Gasteiger partial charge in [-0.15, -0.1) is 0 Å². The van der Waals surface area contributed by atoms with Gasteiger partial charge in [0.15, 0.2) is 5.96 Å². The van der Waals surface area contributed by atoms with Gasteiger partial charge in [0.2, 0.25) is 0 Å². The molecule has 6 N–H and O–H groups in total. The molecule has 23 heavy (non-hydrogen) atoms. The number of guanidine groups is 1. The molecule has 0 saturated heterocycles. The highest BCUT2D eigenvalue weighted by atomic mass is 31.2. The van der Waals surface area contributed by atoms with E-state index in [4.69, 9.17) is 21.4 Å². The molecule has 6 nitrogen and oxygen atoms in total. The first kappa shape index (κ1) is 17.1. The number of hydrogen-bond donors (Lipinski definition) is 4. The van der Waals surface area contributed by atoms with E-state index in [1.165, 1.54) is 0 Å². The molecule has 122 valence electrons. The second-order valence-corrected chi connectivity index (χ2v) is 7.98. The predicted octanol–water partition coefficient (Wildman–Crippen LogP) is 2.81. The first-order chi connectivity index (χ1) is 10.9. The second-order valence-electron chi connectivity index (χ2n) is 5.32. The Morgan fingerprint density at radius 3 is 2.39 bits per heavy atom. The van der Waals surface area contributed by atoms with Crippen LogP contribution in [0.3, 0.4) is 0 Å². The van der Waals surface area contributed by atoms with Crippen molar-refractivity contribution in [1.29, 1.82) is 5.41 Å². The Balaban J connectivity index is 2.01. The summed E-state index contributed by atoms with van der Waals surface area (Å²) in [6.07, 6.45) is 0.432. The third-order valence-corrected chi connectivity index (χ3v) is 5.27. The zero-order valence-corrected chi connectivity index (χ0v) is 13.8. The molecule has 0 radical (unpaired) electrons. The quantitative estimate of drug-likeness (QED) is 0.369. The summed E-state index contributed by atoms with van der Waals surface area (Å²) in [6, 6.07) is 16.3. The summed E-state index contributed by atoms with van der Waals surface area (Å²) in [4.78, 5) is 0. The Hall–Kier alpha value is -2.30. The zero-order valence-electron chi connectivity index (χ0n) is 12.9. The maximum Gasteiger partial charge on any atom is 0.261 e. The number of anilines is 1. The summed E-state index contributed by atoms with van der Waals surface area (Å²) < 4.78 is 18.3. The van der Waals surface area contributed by atoms with Gasteiger partial charge in [-0.25, -0.2) is 0 Å². The maximum atomic E-state index is 12.7. The molecule has 0 saturated carbocycles. The SMILES string of the molecule is CP(=O)(Oc1ccccc1)C(N)Cc1ccc(NC(=N)N)cc1. The third-order valence-electron chi connectivity index (χ3n) is 3.31. The molecule has 2 unspecified atom stereocenters. The molecule has 2 aromatic carbocycles. The van der Waals surface area contributed by atoms with E-state index < -0.39 is 13.2 Å². The van der Waals surface area contributed by atoms with Crippen molar-refractivity contribution in [2.45, 2.75) is 12.2 Å². The molecule has 0 fully saturated rings. The Morgan fingerprint density at radius 1 is 1.22 bits per heavy atom. The van der Waals surface area contributed by atoms with Gasteiger partial charge in [-0.1, -0.05) is 30.3 Å². The van der Waals surface area contributed by atoms with Crippen LogP contribution in [0.15, 0.2) is 54.6 Å². The minimum atomic E-state index is -3.00. The van der Waals surface area contributed by atoms with Gasteiger partial charge >= 0.3 is 0 Å². The molecule has 0 spiro atoms. The van der Waals surface area contributed by atoms with Crippen molar-refractivity contribution in [3.63, 3.8) is 0 Å². The van der Waals surface area contributed by atoms with E-state index >= 15 is 0 Å². The van der Waals surface area contributed by atoms with Crippen molar-refractivity contribution in [2.75, 3.05) is 12.0 Å². The van der Waals surface area contributed by atoms with Gasteiger partial charge in [0.1, 0.15) is 5.75 Å². The number of nitrogens with one attached hydrogen (secondary N) is 2. The zero-order chi connectivity index (χ0) is 16.9. The first-order valence-corrected chi connectivity index (χ1v) is 9.28. The molecule has 0 aliphatic heterocycles. The molecule has 0 bridgehead atoms. The largest absolute Gasteiger partial charge is 0.442 e.